The maximum atomic E-state index is 12.6. The van der Waals surface area contributed by atoms with Gasteiger partial charge in [0.25, 0.3) is 0 Å². The van der Waals surface area contributed by atoms with Crippen molar-refractivity contribution in [2.75, 3.05) is 0 Å². The molecular formula is C10H6BrF3O2. The lowest BCUT2D eigenvalue weighted by atomic mass is 10.1. The van der Waals surface area contributed by atoms with E-state index in [9.17, 15) is 18.0 Å². The summed E-state index contributed by atoms with van der Waals surface area (Å²) >= 11 is 2.93. The van der Waals surface area contributed by atoms with E-state index in [0.29, 0.717) is 6.08 Å². The van der Waals surface area contributed by atoms with Crippen molar-refractivity contribution in [3.8, 4) is 0 Å². The lowest BCUT2D eigenvalue weighted by Crippen LogP contribution is -2.07. The van der Waals surface area contributed by atoms with E-state index in [-0.39, 0.29) is 10.0 Å². The van der Waals surface area contributed by atoms with Gasteiger partial charge in [0.05, 0.1) is 5.56 Å². The zero-order valence-electron chi connectivity index (χ0n) is 7.75. The van der Waals surface area contributed by atoms with Gasteiger partial charge in [0.2, 0.25) is 0 Å². The summed E-state index contributed by atoms with van der Waals surface area (Å²) in [6.07, 6.45) is -2.93. The Kier molecular flexibility index (Phi) is 3.74. The number of rotatable bonds is 2. The zero-order valence-corrected chi connectivity index (χ0v) is 9.34. The summed E-state index contributed by atoms with van der Waals surface area (Å²) in [5.41, 5.74) is -1.06. The molecule has 0 saturated heterocycles. The Morgan fingerprint density at radius 1 is 1.38 bits per heavy atom. The van der Waals surface area contributed by atoms with Crippen molar-refractivity contribution < 1.29 is 23.1 Å². The summed E-state index contributed by atoms with van der Waals surface area (Å²) in [6.45, 7) is 0. The Hall–Kier alpha value is -1.30. The molecule has 86 valence electrons. The summed E-state index contributed by atoms with van der Waals surface area (Å²) in [4.78, 5) is 10.2. The molecular weight excluding hydrogens is 289 g/mol. The standard InChI is InChI=1S/C10H6BrF3O2/c11-7-3-1-6(2-4-9(15)16)8(5-7)10(12,13)14/h1-5H,(H,15,16)/b4-2+. The summed E-state index contributed by atoms with van der Waals surface area (Å²) in [6, 6.07) is 3.52. The van der Waals surface area contributed by atoms with Crippen LogP contribution in [0.1, 0.15) is 11.1 Å². The number of benzene rings is 1. The smallest absolute Gasteiger partial charge is 0.417 e. The molecule has 6 heteroatoms. The topological polar surface area (TPSA) is 37.3 Å². The average Bonchev–Trinajstić information content (AvgIpc) is 2.14. The SMILES string of the molecule is O=C(O)/C=C/c1ccc(Br)cc1C(F)(F)F. The van der Waals surface area contributed by atoms with Gasteiger partial charge in [-0.1, -0.05) is 22.0 Å². The normalized spacial score (nSPS) is 12.0. The van der Waals surface area contributed by atoms with Crippen LogP contribution in [-0.2, 0) is 11.0 Å². The molecule has 0 saturated carbocycles. The number of carboxylic acid groups (broad SMARTS) is 1. The zero-order chi connectivity index (χ0) is 12.3. The van der Waals surface area contributed by atoms with E-state index in [1.165, 1.54) is 12.1 Å². The van der Waals surface area contributed by atoms with E-state index < -0.39 is 17.7 Å². The molecule has 0 amide bonds. The first-order valence-corrected chi connectivity index (χ1v) is 4.88. The third-order valence-electron chi connectivity index (χ3n) is 1.73. The number of carbonyl (C=O) groups is 1. The van der Waals surface area contributed by atoms with Crippen molar-refractivity contribution in [2.45, 2.75) is 6.18 Å². The molecule has 0 radical (unpaired) electrons. The van der Waals surface area contributed by atoms with Gasteiger partial charge in [0, 0.05) is 10.5 Å². The summed E-state index contributed by atoms with van der Waals surface area (Å²) in [7, 11) is 0. The minimum absolute atomic E-state index is 0.182. The van der Waals surface area contributed by atoms with Crippen molar-refractivity contribution in [2.24, 2.45) is 0 Å². The summed E-state index contributed by atoms with van der Waals surface area (Å²) in [5.74, 6) is -1.30. The van der Waals surface area contributed by atoms with Crippen molar-refractivity contribution in [1.29, 1.82) is 0 Å². The number of aliphatic carboxylic acids is 1. The van der Waals surface area contributed by atoms with Gasteiger partial charge in [-0.3, -0.25) is 0 Å². The maximum Gasteiger partial charge on any atom is 0.417 e. The van der Waals surface area contributed by atoms with Gasteiger partial charge in [-0.05, 0) is 23.8 Å². The van der Waals surface area contributed by atoms with Crippen LogP contribution in [0.5, 0.6) is 0 Å². The fraction of sp³-hybridized carbons (Fsp3) is 0.100. The number of halogens is 4. The highest BCUT2D eigenvalue weighted by Gasteiger charge is 2.32. The van der Waals surface area contributed by atoms with Crippen LogP contribution in [0.4, 0.5) is 13.2 Å². The van der Waals surface area contributed by atoms with E-state index in [2.05, 4.69) is 15.9 Å². The molecule has 1 aromatic rings. The van der Waals surface area contributed by atoms with E-state index in [1.54, 1.807) is 0 Å². The van der Waals surface area contributed by atoms with E-state index in [4.69, 9.17) is 5.11 Å². The van der Waals surface area contributed by atoms with Crippen LogP contribution in [0, 0.1) is 0 Å². The van der Waals surface area contributed by atoms with E-state index in [0.717, 1.165) is 12.1 Å². The number of hydrogen-bond acceptors (Lipinski definition) is 1. The van der Waals surface area contributed by atoms with Crippen LogP contribution < -0.4 is 0 Å². The van der Waals surface area contributed by atoms with Gasteiger partial charge in [-0.25, -0.2) is 4.79 Å². The molecule has 0 aromatic heterocycles. The minimum Gasteiger partial charge on any atom is -0.478 e. The highest BCUT2D eigenvalue weighted by atomic mass is 79.9. The predicted octanol–water partition coefficient (Wildman–Crippen LogP) is 3.57. The molecule has 0 aliphatic carbocycles. The van der Waals surface area contributed by atoms with Crippen LogP contribution in [0.25, 0.3) is 6.08 Å². The van der Waals surface area contributed by atoms with Gasteiger partial charge in [-0.2, -0.15) is 13.2 Å². The van der Waals surface area contributed by atoms with Crippen LogP contribution in [0.2, 0.25) is 0 Å². The molecule has 0 spiro atoms. The highest BCUT2D eigenvalue weighted by molar-refractivity contribution is 9.10. The Morgan fingerprint density at radius 2 is 2.00 bits per heavy atom. The molecule has 0 aliphatic heterocycles. The molecule has 1 aromatic carbocycles. The molecule has 0 unspecified atom stereocenters. The molecule has 2 nitrogen and oxygen atoms in total. The quantitative estimate of drug-likeness (QED) is 0.847. The third kappa shape index (κ3) is 3.37. The predicted molar refractivity (Wildman–Crippen MR) is 55.8 cm³/mol. The lowest BCUT2D eigenvalue weighted by molar-refractivity contribution is -0.138. The fourth-order valence-corrected chi connectivity index (χ4v) is 1.44. The molecule has 1 rings (SSSR count). The number of hydrogen-bond donors (Lipinski definition) is 1. The van der Waals surface area contributed by atoms with E-state index in [1.807, 2.05) is 0 Å². The van der Waals surface area contributed by atoms with Gasteiger partial charge >= 0.3 is 12.1 Å². The van der Waals surface area contributed by atoms with Gasteiger partial charge in [-0.15, -0.1) is 0 Å². The lowest BCUT2D eigenvalue weighted by Gasteiger charge is -2.10. The Morgan fingerprint density at radius 3 is 2.50 bits per heavy atom. The van der Waals surface area contributed by atoms with Crippen LogP contribution in [0.15, 0.2) is 28.7 Å². The molecule has 1 N–H and O–H groups in total. The minimum atomic E-state index is -4.51. The van der Waals surface area contributed by atoms with Gasteiger partial charge < -0.3 is 5.11 Å². The highest BCUT2D eigenvalue weighted by Crippen LogP contribution is 2.34. The second kappa shape index (κ2) is 4.69. The monoisotopic (exact) mass is 294 g/mol. The summed E-state index contributed by atoms with van der Waals surface area (Å²) < 4.78 is 37.9. The van der Waals surface area contributed by atoms with Crippen molar-refractivity contribution >= 4 is 28.0 Å². The fourth-order valence-electron chi connectivity index (χ4n) is 1.08. The van der Waals surface area contributed by atoms with Crippen LogP contribution in [-0.4, -0.2) is 11.1 Å². The van der Waals surface area contributed by atoms with Crippen molar-refractivity contribution in [1.82, 2.24) is 0 Å². The Balaban J connectivity index is 3.23. The molecule has 0 bridgehead atoms. The molecule has 0 atom stereocenters. The number of carboxylic acids is 1. The molecule has 0 aliphatic rings. The van der Waals surface area contributed by atoms with Crippen molar-refractivity contribution in [3.63, 3.8) is 0 Å². The first-order valence-electron chi connectivity index (χ1n) is 4.08. The van der Waals surface area contributed by atoms with Crippen LogP contribution >= 0.6 is 15.9 Å². The largest absolute Gasteiger partial charge is 0.478 e. The molecule has 0 fully saturated rings. The summed E-state index contributed by atoms with van der Waals surface area (Å²) in [5, 5.41) is 8.35. The Bertz CT molecular complexity index is 438. The van der Waals surface area contributed by atoms with E-state index >= 15 is 0 Å². The first kappa shape index (κ1) is 12.8. The van der Waals surface area contributed by atoms with Crippen molar-refractivity contribution in [3.05, 3.63) is 39.9 Å². The second-order valence-corrected chi connectivity index (χ2v) is 3.82. The van der Waals surface area contributed by atoms with Gasteiger partial charge in [0.1, 0.15) is 0 Å². The molecule has 16 heavy (non-hydrogen) atoms. The molecule has 0 heterocycles. The second-order valence-electron chi connectivity index (χ2n) is 2.90. The average molecular weight is 295 g/mol. The number of alkyl halides is 3. The first-order chi connectivity index (χ1) is 7.30. The maximum absolute atomic E-state index is 12.6. The Labute approximate surface area is 97.5 Å². The van der Waals surface area contributed by atoms with Crippen LogP contribution in [0.3, 0.4) is 0 Å². The van der Waals surface area contributed by atoms with Gasteiger partial charge in [0.15, 0.2) is 0 Å². The third-order valence-corrected chi connectivity index (χ3v) is 2.22.